The third kappa shape index (κ3) is 3.61. The molecule has 2 aromatic rings. The maximum Gasteiger partial charge on any atom is 0.407 e. The van der Waals surface area contributed by atoms with Gasteiger partial charge in [0, 0.05) is 12.5 Å². The topological polar surface area (TPSA) is 75.6 Å². The van der Waals surface area contributed by atoms with E-state index >= 15 is 0 Å². The monoisotopic (exact) mass is 379 g/mol. The molecule has 5 heteroatoms. The summed E-state index contributed by atoms with van der Waals surface area (Å²) in [5.74, 6) is -1.13. The van der Waals surface area contributed by atoms with E-state index in [0.29, 0.717) is 13.0 Å². The lowest BCUT2D eigenvalue weighted by molar-refractivity contribution is -0.144. The lowest BCUT2D eigenvalue weighted by Crippen LogP contribution is -2.37. The second-order valence-corrected chi connectivity index (χ2v) is 7.70. The summed E-state index contributed by atoms with van der Waals surface area (Å²) in [5, 5.41) is 12.1. The maximum atomic E-state index is 12.3. The first-order chi connectivity index (χ1) is 13.6. The van der Waals surface area contributed by atoms with Gasteiger partial charge in [-0.05, 0) is 41.0 Å². The van der Waals surface area contributed by atoms with Crippen molar-refractivity contribution in [2.45, 2.75) is 31.6 Å². The molecule has 2 N–H and O–H groups in total. The molecule has 1 saturated carbocycles. The lowest BCUT2D eigenvalue weighted by Gasteiger charge is -2.28. The van der Waals surface area contributed by atoms with Crippen molar-refractivity contribution in [1.29, 1.82) is 0 Å². The molecular formula is C23H25NO4. The molecule has 0 aliphatic heterocycles. The van der Waals surface area contributed by atoms with Crippen molar-refractivity contribution in [3.63, 3.8) is 0 Å². The number of benzene rings is 2. The smallest absolute Gasteiger partial charge is 0.407 e. The minimum atomic E-state index is -0.765. The molecule has 1 fully saturated rings. The number of hydrogen-bond acceptors (Lipinski definition) is 3. The minimum absolute atomic E-state index is 0.0215. The number of alkyl carbamates (subject to hydrolysis) is 1. The van der Waals surface area contributed by atoms with E-state index in [1.807, 2.05) is 24.3 Å². The van der Waals surface area contributed by atoms with E-state index < -0.39 is 12.1 Å². The number of carboxylic acids is 1. The molecule has 4 rings (SSSR count). The number of hydrogen-bond donors (Lipinski definition) is 2. The van der Waals surface area contributed by atoms with Gasteiger partial charge < -0.3 is 15.2 Å². The van der Waals surface area contributed by atoms with Crippen LogP contribution in [0, 0.1) is 11.8 Å². The number of carboxylic acid groups (broad SMARTS) is 1. The van der Waals surface area contributed by atoms with Crippen LogP contribution in [0.3, 0.4) is 0 Å². The van der Waals surface area contributed by atoms with Crippen LogP contribution in [0.2, 0.25) is 0 Å². The quantitative estimate of drug-likeness (QED) is 0.806. The van der Waals surface area contributed by atoms with E-state index in [2.05, 4.69) is 29.6 Å². The lowest BCUT2D eigenvalue weighted by atomic mass is 9.79. The number of ether oxygens (including phenoxy) is 1. The van der Waals surface area contributed by atoms with E-state index in [-0.39, 0.29) is 24.4 Å². The van der Waals surface area contributed by atoms with E-state index in [4.69, 9.17) is 4.74 Å². The zero-order valence-corrected chi connectivity index (χ0v) is 15.8. The fraction of sp³-hybridized carbons (Fsp3) is 0.391. The number of fused-ring (bicyclic) bond motifs is 3. The number of aliphatic carboxylic acids is 1. The van der Waals surface area contributed by atoms with Gasteiger partial charge in [0.2, 0.25) is 0 Å². The predicted molar refractivity (Wildman–Crippen MR) is 106 cm³/mol. The number of carbonyl (C=O) groups excluding carboxylic acids is 1. The SMILES string of the molecule is O=C(NC[C@H]1CCCC[C@H]1C(=O)O)OCC1c2ccccc2-c2ccccc21. The summed E-state index contributed by atoms with van der Waals surface area (Å²) in [6, 6.07) is 16.4. The van der Waals surface area contributed by atoms with Gasteiger partial charge in [-0.15, -0.1) is 0 Å². The Morgan fingerprint density at radius 1 is 0.964 bits per heavy atom. The summed E-state index contributed by atoms with van der Waals surface area (Å²) in [6.45, 7) is 0.626. The summed E-state index contributed by atoms with van der Waals surface area (Å²) in [6.07, 6.45) is 3.00. The fourth-order valence-corrected chi connectivity index (χ4v) is 4.64. The number of carbonyl (C=O) groups is 2. The Morgan fingerprint density at radius 3 is 2.21 bits per heavy atom. The molecule has 0 radical (unpaired) electrons. The van der Waals surface area contributed by atoms with Gasteiger partial charge in [0.1, 0.15) is 6.61 Å². The molecule has 28 heavy (non-hydrogen) atoms. The van der Waals surface area contributed by atoms with Crippen LogP contribution in [0.4, 0.5) is 4.79 Å². The Kier molecular flexibility index (Phi) is 5.33. The molecule has 0 saturated heterocycles. The Balaban J connectivity index is 1.37. The zero-order valence-electron chi connectivity index (χ0n) is 15.8. The molecule has 2 aliphatic rings. The Bertz CT molecular complexity index is 833. The van der Waals surface area contributed by atoms with E-state index in [0.717, 1.165) is 19.3 Å². The second kappa shape index (κ2) is 8.05. The minimum Gasteiger partial charge on any atom is -0.481 e. The molecule has 2 atom stereocenters. The zero-order chi connectivity index (χ0) is 19.5. The molecule has 2 aliphatic carbocycles. The highest BCUT2D eigenvalue weighted by Gasteiger charge is 2.32. The average molecular weight is 379 g/mol. The summed E-state index contributed by atoms with van der Waals surface area (Å²) >= 11 is 0. The Morgan fingerprint density at radius 2 is 1.57 bits per heavy atom. The van der Waals surface area contributed by atoms with Crippen molar-refractivity contribution in [1.82, 2.24) is 5.32 Å². The number of rotatable bonds is 5. The van der Waals surface area contributed by atoms with Crippen molar-refractivity contribution in [3.8, 4) is 11.1 Å². The predicted octanol–water partition coefficient (Wildman–Crippen LogP) is 4.42. The van der Waals surface area contributed by atoms with Gasteiger partial charge in [-0.1, -0.05) is 61.4 Å². The summed E-state index contributed by atoms with van der Waals surface area (Å²) in [7, 11) is 0. The van der Waals surface area contributed by atoms with Gasteiger partial charge in [-0.2, -0.15) is 0 Å². The second-order valence-electron chi connectivity index (χ2n) is 7.70. The fourth-order valence-electron chi connectivity index (χ4n) is 4.64. The Labute approximate surface area is 164 Å². The first kappa shape index (κ1) is 18.5. The van der Waals surface area contributed by atoms with E-state index in [9.17, 15) is 14.7 Å². The molecule has 0 heterocycles. The van der Waals surface area contributed by atoms with E-state index in [1.54, 1.807) is 0 Å². The van der Waals surface area contributed by atoms with E-state index in [1.165, 1.54) is 22.3 Å². The van der Waals surface area contributed by atoms with Crippen molar-refractivity contribution in [3.05, 3.63) is 59.7 Å². The van der Waals surface area contributed by atoms with Crippen LogP contribution in [0.5, 0.6) is 0 Å². The summed E-state index contributed by atoms with van der Waals surface area (Å²) < 4.78 is 5.53. The molecular weight excluding hydrogens is 354 g/mol. The third-order valence-corrected chi connectivity index (χ3v) is 6.08. The molecule has 0 unspecified atom stereocenters. The van der Waals surface area contributed by atoms with Gasteiger partial charge in [-0.25, -0.2) is 4.79 Å². The van der Waals surface area contributed by atoms with Crippen molar-refractivity contribution in [2.24, 2.45) is 11.8 Å². The van der Waals surface area contributed by atoms with Gasteiger partial charge in [0.05, 0.1) is 5.92 Å². The number of nitrogens with one attached hydrogen (secondary N) is 1. The van der Waals surface area contributed by atoms with Crippen LogP contribution >= 0.6 is 0 Å². The largest absolute Gasteiger partial charge is 0.481 e. The molecule has 5 nitrogen and oxygen atoms in total. The highest BCUT2D eigenvalue weighted by Crippen LogP contribution is 2.44. The van der Waals surface area contributed by atoms with Crippen molar-refractivity contribution in [2.75, 3.05) is 13.2 Å². The summed E-state index contributed by atoms with van der Waals surface area (Å²) in [4.78, 5) is 23.7. The first-order valence-corrected chi connectivity index (χ1v) is 9.97. The van der Waals surface area contributed by atoms with Crippen LogP contribution in [-0.2, 0) is 9.53 Å². The van der Waals surface area contributed by atoms with Gasteiger partial charge in [-0.3, -0.25) is 4.79 Å². The molecule has 2 aromatic carbocycles. The average Bonchev–Trinajstić information content (AvgIpc) is 3.05. The van der Waals surface area contributed by atoms with Gasteiger partial charge in [0.15, 0.2) is 0 Å². The van der Waals surface area contributed by atoms with Crippen LogP contribution in [0.1, 0.15) is 42.7 Å². The van der Waals surface area contributed by atoms with Gasteiger partial charge in [0.25, 0.3) is 0 Å². The molecule has 0 spiro atoms. The van der Waals surface area contributed by atoms with Crippen LogP contribution < -0.4 is 5.32 Å². The molecule has 0 aromatic heterocycles. The standard InChI is InChI=1S/C23H25NO4/c25-22(26)16-8-2-1-7-15(16)13-24-23(27)28-14-21-19-11-5-3-9-17(19)18-10-4-6-12-20(18)21/h3-6,9-12,15-16,21H,1-2,7-8,13-14H2,(H,24,27)(H,25,26)/t15-,16-/m1/s1. The Hall–Kier alpha value is -2.82. The highest BCUT2D eigenvalue weighted by atomic mass is 16.5. The highest BCUT2D eigenvalue weighted by molar-refractivity contribution is 5.79. The normalized spacial score (nSPS) is 20.9. The van der Waals surface area contributed by atoms with Crippen molar-refractivity contribution >= 4 is 12.1 Å². The van der Waals surface area contributed by atoms with Crippen molar-refractivity contribution < 1.29 is 19.4 Å². The van der Waals surface area contributed by atoms with Crippen LogP contribution in [-0.4, -0.2) is 30.3 Å². The maximum absolute atomic E-state index is 12.3. The number of amides is 1. The van der Waals surface area contributed by atoms with Crippen LogP contribution in [0.15, 0.2) is 48.5 Å². The van der Waals surface area contributed by atoms with Crippen LogP contribution in [0.25, 0.3) is 11.1 Å². The summed E-state index contributed by atoms with van der Waals surface area (Å²) in [5.41, 5.74) is 4.74. The molecule has 1 amide bonds. The van der Waals surface area contributed by atoms with Gasteiger partial charge >= 0.3 is 12.1 Å². The third-order valence-electron chi connectivity index (χ3n) is 6.08. The molecule has 0 bridgehead atoms. The first-order valence-electron chi connectivity index (χ1n) is 9.97. The molecule has 146 valence electrons.